The van der Waals surface area contributed by atoms with Crippen LogP contribution in [0, 0.1) is 0 Å². The number of carbonyl (C=O) groups excluding carboxylic acids is 2. The molecule has 0 saturated heterocycles. The van der Waals surface area contributed by atoms with Crippen molar-refractivity contribution in [2.45, 2.75) is 45.6 Å². The van der Waals surface area contributed by atoms with E-state index in [4.69, 9.17) is 5.11 Å². The van der Waals surface area contributed by atoms with Crippen LogP contribution in [-0.2, 0) is 16.1 Å². The molecule has 0 aliphatic carbocycles. The summed E-state index contributed by atoms with van der Waals surface area (Å²) >= 11 is 0. The number of unbranched alkanes of at least 4 members (excludes halogenated alkanes) is 3. The number of carbonyl (C=O) groups is 3. The van der Waals surface area contributed by atoms with Gasteiger partial charge in [-0.3, -0.25) is 14.4 Å². The van der Waals surface area contributed by atoms with Crippen LogP contribution < -0.4 is 10.6 Å². The van der Waals surface area contributed by atoms with Gasteiger partial charge in [0.25, 0.3) is 5.91 Å². The summed E-state index contributed by atoms with van der Waals surface area (Å²) in [6.07, 6.45) is 3.49. The number of hydrogen-bond acceptors (Lipinski definition) is 3. The van der Waals surface area contributed by atoms with E-state index in [9.17, 15) is 14.4 Å². The molecule has 6 nitrogen and oxygen atoms in total. The van der Waals surface area contributed by atoms with Gasteiger partial charge in [0, 0.05) is 32.0 Å². The molecule has 23 heavy (non-hydrogen) atoms. The Balaban J connectivity index is 2.21. The van der Waals surface area contributed by atoms with Gasteiger partial charge in [0.15, 0.2) is 0 Å². The standard InChI is InChI=1S/C17H24N2O4/c1-13(20)19-12-14-7-9-15(10-8-14)17(23)18-11-5-3-2-4-6-16(21)22/h7-10H,2-6,11-12H2,1H3,(H,18,23)(H,19,20)(H,21,22). The molecule has 2 amide bonds. The Morgan fingerprint density at radius 1 is 0.957 bits per heavy atom. The predicted octanol–water partition coefficient (Wildman–Crippen LogP) is 2.09. The summed E-state index contributed by atoms with van der Waals surface area (Å²) in [5.74, 6) is -0.975. The molecule has 0 aliphatic rings. The van der Waals surface area contributed by atoms with Gasteiger partial charge in [0.2, 0.25) is 5.91 Å². The average molecular weight is 320 g/mol. The lowest BCUT2D eigenvalue weighted by Gasteiger charge is -2.07. The van der Waals surface area contributed by atoms with E-state index in [2.05, 4.69) is 10.6 Å². The highest BCUT2D eigenvalue weighted by molar-refractivity contribution is 5.94. The lowest BCUT2D eigenvalue weighted by Crippen LogP contribution is -2.24. The van der Waals surface area contributed by atoms with Crippen LogP contribution in [-0.4, -0.2) is 29.4 Å². The molecular weight excluding hydrogens is 296 g/mol. The molecule has 0 bridgehead atoms. The van der Waals surface area contributed by atoms with Crippen LogP contribution in [0.2, 0.25) is 0 Å². The fourth-order valence-corrected chi connectivity index (χ4v) is 2.06. The molecule has 0 atom stereocenters. The van der Waals surface area contributed by atoms with Crippen molar-refractivity contribution in [3.05, 3.63) is 35.4 Å². The van der Waals surface area contributed by atoms with Gasteiger partial charge in [0.05, 0.1) is 0 Å². The first-order chi connectivity index (χ1) is 11.0. The number of carboxylic acids is 1. The Hall–Kier alpha value is -2.37. The minimum Gasteiger partial charge on any atom is -0.481 e. The molecule has 126 valence electrons. The summed E-state index contributed by atoms with van der Waals surface area (Å²) in [7, 11) is 0. The van der Waals surface area contributed by atoms with Crippen LogP contribution in [0.5, 0.6) is 0 Å². The zero-order valence-electron chi connectivity index (χ0n) is 13.4. The van der Waals surface area contributed by atoms with Crippen LogP contribution >= 0.6 is 0 Å². The Labute approximate surface area is 136 Å². The number of aliphatic carboxylic acids is 1. The number of hydrogen-bond donors (Lipinski definition) is 3. The number of benzene rings is 1. The van der Waals surface area contributed by atoms with E-state index in [1.807, 2.05) is 12.1 Å². The van der Waals surface area contributed by atoms with Crippen molar-refractivity contribution in [1.29, 1.82) is 0 Å². The molecule has 0 aromatic heterocycles. The third-order valence-corrected chi connectivity index (χ3v) is 3.36. The number of amides is 2. The second kappa shape index (κ2) is 10.4. The van der Waals surface area contributed by atoms with Crippen molar-refractivity contribution in [3.8, 4) is 0 Å². The summed E-state index contributed by atoms with van der Waals surface area (Å²) in [5.41, 5.74) is 1.53. The largest absolute Gasteiger partial charge is 0.481 e. The summed E-state index contributed by atoms with van der Waals surface area (Å²) in [5, 5.41) is 14.1. The molecule has 0 heterocycles. The highest BCUT2D eigenvalue weighted by atomic mass is 16.4. The van der Waals surface area contributed by atoms with Gasteiger partial charge in [0.1, 0.15) is 0 Å². The second-order valence-corrected chi connectivity index (χ2v) is 5.42. The van der Waals surface area contributed by atoms with E-state index in [0.29, 0.717) is 25.1 Å². The predicted molar refractivity (Wildman–Crippen MR) is 87.0 cm³/mol. The zero-order valence-corrected chi connectivity index (χ0v) is 13.4. The Morgan fingerprint density at radius 2 is 1.61 bits per heavy atom. The van der Waals surface area contributed by atoms with Crippen LogP contribution in [0.4, 0.5) is 0 Å². The number of carboxylic acid groups (broad SMARTS) is 1. The highest BCUT2D eigenvalue weighted by Crippen LogP contribution is 2.05. The minimum atomic E-state index is -0.764. The van der Waals surface area contributed by atoms with Crippen LogP contribution in [0.15, 0.2) is 24.3 Å². The molecule has 0 saturated carbocycles. The van der Waals surface area contributed by atoms with Crippen molar-refractivity contribution in [3.63, 3.8) is 0 Å². The summed E-state index contributed by atoms with van der Waals surface area (Å²) in [6, 6.07) is 7.10. The van der Waals surface area contributed by atoms with Crippen molar-refractivity contribution < 1.29 is 19.5 Å². The lowest BCUT2D eigenvalue weighted by atomic mass is 10.1. The highest BCUT2D eigenvalue weighted by Gasteiger charge is 2.05. The maximum atomic E-state index is 11.9. The molecule has 3 N–H and O–H groups in total. The third-order valence-electron chi connectivity index (χ3n) is 3.36. The van der Waals surface area contributed by atoms with Crippen molar-refractivity contribution in [2.24, 2.45) is 0 Å². The molecule has 1 aromatic rings. The first-order valence-corrected chi connectivity index (χ1v) is 7.82. The van der Waals surface area contributed by atoms with E-state index >= 15 is 0 Å². The zero-order chi connectivity index (χ0) is 17.1. The topological polar surface area (TPSA) is 95.5 Å². The first kappa shape index (κ1) is 18.7. The van der Waals surface area contributed by atoms with Crippen LogP contribution in [0.25, 0.3) is 0 Å². The van der Waals surface area contributed by atoms with E-state index in [-0.39, 0.29) is 18.2 Å². The Kier molecular flexibility index (Phi) is 8.42. The fourth-order valence-electron chi connectivity index (χ4n) is 2.06. The van der Waals surface area contributed by atoms with Crippen LogP contribution in [0.3, 0.4) is 0 Å². The first-order valence-electron chi connectivity index (χ1n) is 7.82. The summed E-state index contributed by atoms with van der Waals surface area (Å²) < 4.78 is 0. The monoisotopic (exact) mass is 320 g/mol. The van der Waals surface area contributed by atoms with Gasteiger partial charge >= 0.3 is 5.97 Å². The molecule has 0 fully saturated rings. The fraction of sp³-hybridized carbons (Fsp3) is 0.471. The molecule has 1 aromatic carbocycles. The smallest absolute Gasteiger partial charge is 0.303 e. The van der Waals surface area contributed by atoms with Crippen molar-refractivity contribution in [2.75, 3.05) is 6.54 Å². The average Bonchev–Trinajstić information content (AvgIpc) is 2.52. The molecule has 0 unspecified atom stereocenters. The van der Waals surface area contributed by atoms with Gasteiger partial charge in [-0.05, 0) is 30.5 Å². The number of rotatable bonds is 10. The minimum absolute atomic E-state index is 0.0878. The lowest BCUT2D eigenvalue weighted by molar-refractivity contribution is -0.137. The molecule has 0 spiro atoms. The van der Waals surface area contributed by atoms with Gasteiger partial charge < -0.3 is 15.7 Å². The van der Waals surface area contributed by atoms with Gasteiger partial charge in [-0.2, -0.15) is 0 Å². The van der Waals surface area contributed by atoms with Gasteiger partial charge in [-0.25, -0.2) is 0 Å². The van der Waals surface area contributed by atoms with E-state index in [0.717, 1.165) is 24.8 Å². The molecule has 0 radical (unpaired) electrons. The Bertz CT molecular complexity index is 526. The molecule has 6 heteroatoms. The van der Waals surface area contributed by atoms with E-state index < -0.39 is 5.97 Å². The summed E-state index contributed by atoms with van der Waals surface area (Å²) in [4.78, 5) is 33.1. The van der Waals surface area contributed by atoms with E-state index in [1.165, 1.54) is 6.92 Å². The van der Waals surface area contributed by atoms with Gasteiger partial charge in [-0.1, -0.05) is 25.0 Å². The van der Waals surface area contributed by atoms with Crippen LogP contribution in [0.1, 0.15) is 54.9 Å². The maximum Gasteiger partial charge on any atom is 0.303 e. The normalized spacial score (nSPS) is 10.1. The Morgan fingerprint density at radius 3 is 2.22 bits per heavy atom. The summed E-state index contributed by atoms with van der Waals surface area (Å²) in [6.45, 7) is 2.50. The van der Waals surface area contributed by atoms with E-state index in [1.54, 1.807) is 12.1 Å². The van der Waals surface area contributed by atoms with Crippen molar-refractivity contribution >= 4 is 17.8 Å². The SMILES string of the molecule is CC(=O)NCc1ccc(C(=O)NCCCCCCC(=O)O)cc1. The number of nitrogens with one attached hydrogen (secondary N) is 2. The quantitative estimate of drug-likeness (QED) is 0.575. The second-order valence-electron chi connectivity index (χ2n) is 5.42. The molecular formula is C17H24N2O4. The van der Waals surface area contributed by atoms with Gasteiger partial charge in [-0.15, -0.1) is 0 Å². The third kappa shape index (κ3) is 8.60. The molecule has 0 aliphatic heterocycles. The van der Waals surface area contributed by atoms with Crippen molar-refractivity contribution in [1.82, 2.24) is 10.6 Å². The maximum absolute atomic E-state index is 11.9. The molecule has 1 rings (SSSR count).